The second-order valence-electron chi connectivity index (χ2n) is 4.18. The summed E-state index contributed by atoms with van der Waals surface area (Å²) >= 11 is 6.59. The molecule has 0 fully saturated rings. The molecule has 0 spiro atoms. The summed E-state index contributed by atoms with van der Waals surface area (Å²) in [6.07, 6.45) is 0. The number of benzene rings is 2. The third-order valence-corrected chi connectivity index (χ3v) is 5.05. The van der Waals surface area contributed by atoms with E-state index in [-0.39, 0.29) is 11.4 Å². The fourth-order valence-corrected chi connectivity index (χ4v) is 2.97. The second kappa shape index (κ2) is 6.80. The minimum atomic E-state index is -0.504. The van der Waals surface area contributed by atoms with Crippen molar-refractivity contribution in [3.63, 3.8) is 0 Å². The van der Waals surface area contributed by atoms with Crippen molar-refractivity contribution in [2.24, 2.45) is 0 Å². The van der Waals surface area contributed by atoms with Gasteiger partial charge in [0.15, 0.2) is 0 Å². The van der Waals surface area contributed by atoms with Crippen LogP contribution in [-0.2, 0) is 0 Å². The van der Waals surface area contributed by atoms with Gasteiger partial charge in [-0.2, -0.15) is 0 Å². The van der Waals surface area contributed by atoms with Crippen molar-refractivity contribution in [2.75, 3.05) is 0 Å². The molecule has 0 amide bonds. The Morgan fingerprint density at radius 1 is 0.727 bits per heavy atom. The van der Waals surface area contributed by atoms with Crippen LogP contribution in [0, 0.1) is 20.2 Å². The molecule has 0 heterocycles. The highest BCUT2D eigenvalue weighted by Crippen LogP contribution is 2.41. The Balaban J connectivity index is 2.65. The van der Waals surface area contributed by atoms with E-state index in [4.69, 9.17) is 0 Å². The lowest BCUT2D eigenvalue weighted by molar-refractivity contribution is -0.385. The largest absolute Gasteiger partial charge is 0.277 e. The van der Waals surface area contributed by atoms with Crippen molar-refractivity contribution in [1.29, 1.82) is 0 Å². The van der Waals surface area contributed by atoms with Gasteiger partial charge in [0.05, 0.1) is 21.0 Å². The van der Waals surface area contributed by atoms with Gasteiger partial charge < -0.3 is 0 Å². The number of para-hydroxylation sites is 2. The molecule has 0 aliphatic carbocycles. The summed E-state index contributed by atoms with van der Waals surface area (Å²) in [6, 6.07) is 12.3. The van der Waals surface area contributed by atoms with E-state index in [1.807, 2.05) is 0 Å². The molecule has 0 N–H and O–H groups in total. The summed E-state index contributed by atoms with van der Waals surface area (Å²) in [7, 11) is 0. The number of hydrogen-bond donors (Lipinski definition) is 0. The SMILES string of the molecule is O=[N+]([O-])c1ccccc1/C(Br)=C(\Br)c1ccccc1[N+](=O)[O-]. The summed E-state index contributed by atoms with van der Waals surface area (Å²) in [5, 5.41) is 22.2. The second-order valence-corrected chi connectivity index (χ2v) is 5.76. The van der Waals surface area contributed by atoms with Crippen molar-refractivity contribution < 1.29 is 9.85 Å². The van der Waals surface area contributed by atoms with Crippen LogP contribution in [0.2, 0.25) is 0 Å². The van der Waals surface area contributed by atoms with E-state index in [1.165, 1.54) is 12.1 Å². The van der Waals surface area contributed by atoms with Crippen LogP contribution >= 0.6 is 31.9 Å². The number of nitrogens with zero attached hydrogens (tertiary/aromatic N) is 2. The van der Waals surface area contributed by atoms with Crippen molar-refractivity contribution in [3.8, 4) is 0 Å². The van der Waals surface area contributed by atoms with Gasteiger partial charge in [-0.15, -0.1) is 0 Å². The van der Waals surface area contributed by atoms with Crippen molar-refractivity contribution in [3.05, 3.63) is 79.9 Å². The lowest BCUT2D eigenvalue weighted by atomic mass is 10.1. The van der Waals surface area contributed by atoms with Crippen LogP contribution in [0.25, 0.3) is 8.96 Å². The number of halogens is 2. The Bertz CT molecular complexity index is 724. The first-order valence-electron chi connectivity index (χ1n) is 5.96. The maximum Gasteiger partial charge on any atom is 0.277 e. The molecule has 6 nitrogen and oxygen atoms in total. The molecule has 112 valence electrons. The van der Waals surface area contributed by atoms with E-state index >= 15 is 0 Å². The normalized spacial score (nSPS) is 11.7. The highest BCUT2D eigenvalue weighted by atomic mass is 79.9. The molecule has 0 aromatic heterocycles. The number of rotatable bonds is 4. The zero-order valence-electron chi connectivity index (χ0n) is 10.9. The van der Waals surface area contributed by atoms with E-state index in [0.717, 1.165) is 0 Å². The Hall–Kier alpha value is -2.06. The van der Waals surface area contributed by atoms with Crippen LogP contribution < -0.4 is 0 Å². The van der Waals surface area contributed by atoms with Gasteiger partial charge in [-0.25, -0.2) is 0 Å². The topological polar surface area (TPSA) is 86.3 Å². The quantitative estimate of drug-likeness (QED) is 0.385. The Kier molecular flexibility index (Phi) is 5.04. The molecule has 0 aliphatic rings. The molecule has 2 aromatic carbocycles. The zero-order chi connectivity index (χ0) is 16.3. The van der Waals surface area contributed by atoms with Crippen LogP contribution in [0.15, 0.2) is 48.5 Å². The lowest BCUT2D eigenvalue weighted by Gasteiger charge is -2.07. The molecule has 2 rings (SSSR count). The van der Waals surface area contributed by atoms with Crippen LogP contribution in [0.1, 0.15) is 11.1 Å². The number of nitro groups is 2. The molecule has 22 heavy (non-hydrogen) atoms. The fourth-order valence-electron chi connectivity index (χ4n) is 1.87. The first kappa shape index (κ1) is 16.3. The summed E-state index contributed by atoms with van der Waals surface area (Å²) in [5.74, 6) is 0. The van der Waals surface area contributed by atoms with Gasteiger partial charge in [-0.1, -0.05) is 24.3 Å². The maximum atomic E-state index is 11.1. The Morgan fingerprint density at radius 2 is 1.05 bits per heavy atom. The molecular formula is C14H8Br2N2O4. The van der Waals surface area contributed by atoms with E-state index in [9.17, 15) is 20.2 Å². The first-order chi connectivity index (χ1) is 10.4. The van der Waals surface area contributed by atoms with Crippen LogP contribution in [0.3, 0.4) is 0 Å². The zero-order valence-corrected chi connectivity index (χ0v) is 14.1. The molecule has 2 aromatic rings. The molecule has 0 bridgehead atoms. The third-order valence-electron chi connectivity index (χ3n) is 2.87. The molecule has 0 atom stereocenters. The fraction of sp³-hybridized carbons (Fsp3) is 0. The molecule has 0 saturated heterocycles. The highest BCUT2D eigenvalue weighted by Gasteiger charge is 2.21. The van der Waals surface area contributed by atoms with Gasteiger partial charge in [0.25, 0.3) is 11.4 Å². The third kappa shape index (κ3) is 3.23. The van der Waals surface area contributed by atoms with Crippen LogP contribution in [0.4, 0.5) is 11.4 Å². The summed E-state index contributed by atoms with van der Waals surface area (Å²) in [6.45, 7) is 0. The van der Waals surface area contributed by atoms with Gasteiger partial charge in [-0.3, -0.25) is 20.2 Å². The van der Waals surface area contributed by atoms with Gasteiger partial charge in [0, 0.05) is 21.1 Å². The van der Waals surface area contributed by atoms with Crippen LogP contribution in [-0.4, -0.2) is 9.85 Å². The minimum absolute atomic E-state index is 0.0927. The average Bonchev–Trinajstić information content (AvgIpc) is 2.53. The van der Waals surface area contributed by atoms with Gasteiger partial charge in [-0.05, 0) is 44.0 Å². The smallest absolute Gasteiger partial charge is 0.258 e. The maximum absolute atomic E-state index is 11.1. The monoisotopic (exact) mass is 426 g/mol. The number of hydrogen-bond acceptors (Lipinski definition) is 4. The minimum Gasteiger partial charge on any atom is -0.258 e. The van der Waals surface area contributed by atoms with Gasteiger partial charge in [0.1, 0.15) is 0 Å². The van der Waals surface area contributed by atoms with E-state index in [0.29, 0.717) is 20.1 Å². The molecule has 8 heteroatoms. The predicted molar refractivity (Wildman–Crippen MR) is 90.9 cm³/mol. The first-order valence-corrected chi connectivity index (χ1v) is 7.55. The van der Waals surface area contributed by atoms with Crippen molar-refractivity contribution >= 4 is 52.2 Å². The summed E-state index contributed by atoms with van der Waals surface area (Å²) < 4.78 is 0.739. The standard InChI is InChI=1S/C14H8Br2N2O4/c15-13(9-5-1-3-7-11(9)17(19)20)14(16)10-6-2-4-8-12(10)18(21)22/h1-8H/b14-13+. The molecular weight excluding hydrogens is 420 g/mol. The molecule has 0 radical (unpaired) electrons. The van der Waals surface area contributed by atoms with Gasteiger partial charge in [0.2, 0.25) is 0 Å². The number of nitro benzene ring substituents is 2. The molecule has 0 unspecified atom stereocenters. The molecule has 0 aliphatic heterocycles. The average molecular weight is 428 g/mol. The Labute approximate surface area is 142 Å². The summed E-state index contributed by atoms with van der Waals surface area (Å²) in [4.78, 5) is 21.2. The van der Waals surface area contributed by atoms with E-state index < -0.39 is 9.85 Å². The molecule has 0 saturated carbocycles. The van der Waals surface area contributed by atoms with Crippen molar-refractivity contribution in [2.45, 2.75) is 0 Å². The highest BCUT2D eigenvalue weighted by molar-refractivity contribution is 9.18. The Morgan fingerprint density at radius 3 is 1.36 bits per heavy atom. The summed E-state index contributed by atoms with van der Waals surface area (Å²) in [5.41, 5.74) is 0.477. The van der Waals surface area contributed by atoms with Crippen molar-refractivity contribution in [1.82, 2.24) is 0 Å². The van der Waals surface area contributed by atoms with Crippen LogP contribution in [0.5, 0.6) is 0 Å². The van der Waals surface area contributed by atoms with Gasteiger partial charge >= 0.3 is 0 Å². The van der Waals surface area contributed by atoms with E-state index in [2.05, 4.69) is 31.9 Å². The van der Waals surface area contributed by atoms with E-state index in [1.54, 1.807) is 36.4 Å². The predicted octanol–water partition coefficient (Wildman–Crippen LogP) is 5.12. The lowest BCUT2D eigenvalue weighted by Crippen LogP contribution is -1.95.